The highest BCUT2D eigenvalue weighted by Crippen LogP contribution is 2.48. The molecule has 1 aliphatic rings. The summed E-state index contributed by atoms with van der Waals surface area (Å²) in [5.41, 5.74) is 0.679. The van der Waals surface area contributed by atoms with Gasteiger partial charge in [0.25, 0.3) is 0 Å². The molecule has 7 heteroatoms. The van der Waals surface area contributed by atoms with Gasteiger partial charge in [0.15, 0.2) is 28.8 Å². The van der Waals surface area contributed by atoms with Gasteiger partial charge >= 0.3 is 0 Å². The molecule has 0 saturated heterocycles. The summed E-state index contributed by atoms with van der Waals surface area (Å²) in [6, 6.07) is 6.30. The molecule has 1 atom stereocenters. The number of hydrogen-bond acceptors (Lipinski definition) is 7. The highest BCUT2D eigenvalue weighted by Gasteiger charge is 2.33. The molecule has 132 valence electrons. The number of phenols is 2. The predicted molar refractivity (Wildman–Crippen MR) is 88.2 cm³/mol. The number of rotatable bonds is 4. The Balaban J connectivity index is 2.02. The average molecular weight is 346 g/mol. The number of carbonyl (C=O) groups is 1. The number of phenolic OH excluding ortho intramolecular Hbond substituents is 2. The van der Waals surface area contributed by atoms with Crippen molar-refractivity contribution in [2.75, 3.05) is 21.3 Å². The number of fused-ring (bicyclic) bond motifs is 1. The van der Waals surface area contributed by atoms with E-state index in [4.69, 9.17) is 18.9 Å². The lowest BCUT2D eigenvalue weighted by molar-refractivity contribution is 0.0842. The Morgan fingerprint density at radius 2 is 1.76 bits per heavy atom. The third kappa shape index (κ3) is 2.77. The SMILES string of the molecule is COc1ccc(C2CC(=O)c3c(cc(OC)c(OC)c3O)O2)cc1O. The van der Waals surface area contributed by atoms with Crippen molar-refractivity contribution in [3.8, 4) is 34.5 Å². The van der Waals surface area contributed by atoms with E-state index in [2.05, 4.69) is 0 Å². The van der Waals surface area contributed by atoms with E-state index in [1.54, 1.807) is 12.1 Å². The number of aromatic hydroxyl groups is 2. The van der Waals surface area contributed by atoms with Gasteiger partial charge in [0.1, 0.15) is 17.4 Å². The number of Topliss-reactive ketones (excluding diaryl/α,β-unsaturated/α-hetero) is 1. The van der Waals surface area contributed by atoms with Crippen LogP contribution in [0.25, 0.3) is 0 Å². The lowest BCUT2D eigenvalue weighted by Gasteiger charge is -2.27. The van der Waals surface area contributed by atoms with Crippen LogP contribution in [0.4, 0.5) is 0 Å². The molecule has 0 spiro atoms. The minimum absolute atomic E-state index is 0.0157. The molecule has 0 saturated carbocycles. The summed E-state index contributed by atoms with van der Waals surface area (Å²) >= 11 is 0. The Hall–Kier alpha value is -3.09. The third-order valence-corrected chi connectivity index (χ3v) is 4.10. The van der Waals surface area contributed by atoms with Crippen molar-refractivity contribution in [2.45, 2.75) is 12.5 Å². The number of benzene rings is 2. The predicted octanol–water partition coefficient (Wildman–Crippen LogP) is 2.83. The molecule has 0 aliphatic carbocycles. The largest absolute Gasteiger partial charge is 0.504 e. The Morgan fingerprint density at radius 3 is 2.36 bits per heavy atom. The third-order valence-electron chi connectivity index (χ3n) is 4.10. The van der Waals surface area contributed by atoms with Gasteiger partial charge in [-0.3, -0.25) is 4.79 Å². The number of ether oxygens (including phenoxy) is 4. The lowest BCUT2D eigenvalue weighted by atomic mass is 9.95. The van der Waals surface area contributed by atoms with Crippen molar-refractivity contribution in [3.63, 3.8) is 0 Å². The quantitative estimate of drug-likeness (QED) is 0.879. The minimum atomic E-state index is -0.602. The van der Waals surface area contributed by atoms with E-state index in [1.165, 1.54) is 33.5 Å². The van der Waals surface area contributed by atoms with Crippen molar-refractivity contribution >= 4 is 5.78 Å². The molecule has 0 bridgehead atoms. The molecule has 0 aromatic heterocycles. The van der Waals surface area contributed by atoms with Crippen LogP contribution in [-0.4, -0.2) is 37.3 Å². The second-order valence-electron chi connectivity index (χ2n) is 5.50. The molecule has 2 N–H and O–H groups in total. The highest BCUT2D eigenvalue weighted by atomic mass is 16.5. The van der Waals surface area contributed by atoms with E-state index in [1.807, 2.05) is 0 Å². The molecule has 2 aromatic rings. The number of methoxy groups -OCH3 is 3. The first-order chi connectivity index (χ1) is 12.0. The maximum atomic E-state index is 12.5. The van der Waals surface area contributed by atoms with Crippen LogP contribution in [0.5, 0.6) is 34.5 Å². The van der Waals surface area contributed by atoms with Gasteiger partial charge in [0.2, 0.25) is 5.75 Å². The summed E-state index contributed by atoms with van der Waals surface area (Å²) in [5, 5.41) is 20.3. The van der Waals surface area contributed by atoms with E-state index in [9.17, 15) is 15.0 Å². The van der Waals surface area contributed by atoms with Gasteiger partial charge in [-0.2, -0.15) is 0 Å². The fourth-order valence-electron chi connectivity index (χ4n) is 2.87. The Kier molecular flexibility index (Phi) is 4.31. The van der Waals surface area contributed by atoms with Crippen molar-refractivity contribution < 1.29 is 34.0 Å². The van der Waals surface area contributed by atoms with E-state index < -0.39 is 6.10 Å². The van der Waals surface area contributed by atoms with Crippen molar-refractivity contribution in [2.24, 2.45) is 0 Å². The molecular formula is C18H18O7. The summed E-state index contributed by atoms with van der Waals surface area (Å²) in [6.45, 7) is 0. The molecule has 25 heavy (non-hydrogen) atoms. The molecular weight excluding hydrogens is 328 g/mol. The van der Waals surface area contributed by atoms with Crippen LogP contribution >= 0.6 is 0 Å². The van der Waals surface area contributed by atoms with E-state index in [0.29, 0.717) is 11.3 Å². The van der Waals surface area contributed by atoms with E-state index >= 15 is 0 Å². The normalized spacial score (nSPS) is 16.0. The Labute approximate surface area is 144 Å². The average Bonchev–Trinajstić information content (AvgIpc) is 2.60. The van der Waals surface area contributed by atoms with Crippen molar-refractivity contribution in [3.05, 3.63) is 35.4 Å². The molecule has 0 radical (unpaired) electrons. The van der Waals surface area contributed by atoms with Crippen LogP contribution in [-0.2, 0) is 0 Å². The van der Waals surface area contributed by atoms with E-state index in [0.717, 1.165) is 0 Å². The first-order valence-electron chi connectivity index (χ1n) is 7.54. The van der Waals surface area contributed by atoms with Crippen molar-refractivity contribution in [1.82, 2.24) is 0 Å². The fraction of sp³-hybridized carbons (Fsp3) is 0.278. The zero-order chi connectivity index (χ0) is 18.1. The molecule has 1 aliphatic heterocycles. The molecule has 7 nitrogen and oxygen atoms in total. The summed E-state index contributed by atoms with van der Waals surface area (Å²) in [6.07, 6.45) is -0.587. The second kappa shape index (κ2) is 6.43. The van der Waals surface area contributed by atoms with Gasteiger partial charge < -0.3 is 29.2 Å². The van der Waals surface area contributed by atoms with Gasteiger partial charge in [-0.15, -0.1) is 0 Å². The fourth-order valence-corrected chi connectivity index (χ4v) is 2.87. The number of ketones is 1. The Morgan fingerprint density at radius 1 is 1.04 bits per heavy atom. The lowest BCUT2D eigenvalue weighted by Crippen LogP contribution is -2.20. The topological polar surface area (TPSA) is 94.5 Å². The van der Waals surface area contributed by atoms with Crippen molar-refractivity contribution in [1.29, 1.82) is 0 Å². The van der Waals surface area contributed by atoms with Crippen LogP contribution in [0, 0.1) is 0 Å². The van der Waals surface area contributed by atoms with Gasteiger partial charge in [0, 0.05) is 6.07 Å². The Bertz CT molecular complexity index is 829. The zero-order valence-electron chi connectivity index (χ0n) is 14.0. The van der Waals surface area contributed by atoms with Crippen LogP contribution < -0.4 is 18.9 Å². The molecule has 0 amide bonds. The number of carbonyl (C=O) groups excluding carboxylic acids is 1. The van der Waals surface area contributed by atoms with Gasteiger partial charge in [0.05, 0.1) is 27.8 Å². The first-order valence-corrected chi connectivity index (χ1v) is 7.54. The zero-order valence-corrected chi connectivity index (χ0v) is 14.0. The summed E-state index contributed by atoms with van der Waals surface area (Å²) in [5.74, 6) is 0.223. The van der Waals surface area contributed by atoms with Crippen LogP contribution in [0.15, 0.2) is 24.3 Å². The minimum Gasteiger partial charge on any atom is -0.504 e. The number of hydrogen-bond donors (Lipinski definition) is 2. The maximum Gasteiger partial charge on any atom is 0.204 e. The van der Waals surface area contributed by atoms with Crippen LogP contribution in [0.3, 0.4) is 0 Å². The molecule has 2 aromatic carbocycles. The van der Waals surface area contributed by atoms with Gasteiger partial charge in [-0.1, -0.05) is 6.07 Å². The highest BCUT2D eigenvalue weighted by molar-refractivity contribution is 6.03. The summed E-state index contributed by atoms with van der Waals surface area (Å²) in [7, 11) is 4.25. The van der Waals surface area contributed by atoms with Crippen LogP contribution in [0.2, 0.25) is 0 Å². The molecule has 0 fully saturated rings. The summed E-state index contributed by atoms with van der Waals surface area (Å²) < 4.78 is 21.2. The second-order valence-corrected chi connectivity index (χ2v) is 5.50. The monoisotopic (exact) mass is 346 g/mol. The maximum absolute atomic E-state index is 12.5. The standard InChI is InChI=1S/C18H18O7/c1-22-12-5-4-9(6-10(12)19)13-7-11(20)16-14(25-13)8-15(23-2)18(24-3)17(16)21/h4-6,8,13,19,21H,7H2,1-3H3. The first kappa shape index (κ1) is 16.8. The van der Waals surface area contributed by atoms with Gasteiger partial charge in [-0.25, -0.2) is 0 Å². The molecule has 1 unspecified atom stereocenters. The van der Waals surface area contributed by atoms with E-state index in [-0.39, 0.29) is 46.5 Å². The molecule has 3 rings (SSSR count). The molecule has 1 heterocycles. The smallest absolute Gasteiger partial charge is 0.204 e. The van der Waals surface area contributed by atoms with Crippen LogP contribution in [0.1, 0.15) is 28.4 Å². The summed E-state index contributed by atoms with van der Waals surface area (Å²) in [4.78, 5) is 12.5. The van der Waals surface area contributed by atoms with Gasteiger partial charge in [-0.05, 0) is 17.7 Å².